The summed E-state index contributed by atoms with van der Waals surface area (Å²) in [5, 5.41) is 2.92. The van der Waals surface area contributed by atoms with E-state index in [1.807, 2.05) is 30.3 Å². The van der Waals surface area contributed by atoms with Crippen LogP contribution in [0.2, 0.25) is 0 Å². The van der Waals surface area contributed by atoms with Gasteiger partial charge in [-0.2, -0.15) is 0 Å². The molecule has 0 saturated heterocycles. The van der Waals surface area contributed by atoms with E-state index in [2.05, 4.69) is 11.9 Å². The van der Waals surface area contributed by atoms with Crippen LogP contribution in [0.25, 0.3) is 0 Å². The van der Waals surface area contributed by atoms with Gasteiger partial charge in [-0.3, -0.25) is 0 Å². The molecular formula is C10H11NO2. The molecule has 0 heterocycles. The average Bonchev–Trinajstić information content (AvgIpc) is 2.19. The van der Waals surface area contributed by atoms with Crippen LogP contribution in [-0.4, -0.2) is 12.7 Å². The van der Waals surface area contributed by atoms with E-state index in [4.69, 9.17) is 4.74 Å². The lowest BCUT2D eigenvalue weighted by atomic mass is 10.3. The number of carbonyl (C=O) groups is 1. The van der Waals surface area contributed by atoms with Gasteiger partial charge in [0.15, 0.2) is 6.73 Å². The molecule has 0 aromatic heterocycles. The highest BCUT2D eigenvalue weighted by atomic mass is 16.5. The summed E-state index contributed by atoms with van der Waals surface area (Å²) in [4.78, 5) is 10.6. The number of esters is 1. The predicted octanol–water partition coefficient (Wildman–Crippen LogP) is 1.79. The highest BCUT2D eigenvalue weighted by molar-refractivity contribution is 5.81. The van der Waals surface area contributed by atoms with Crippen LogP contribution in [0.4, 0.5) is 5.69 Å². The van der Waals surface area contributed by atoms with Crippen molar-refractivity contribution in [1.29, 1.82) is 0 Å². The molecule has 0 aliphatic rings. The van der Waals surface area contributed by atoms with Crippen LogP contribution in [0.3, 0.4) is 0 Å². The molecule has 1 rings (SSSR count). The van der Waals surface area contributed by atoms with E-state index in [1.54, 1.807) is 0 Å². The zero-order valence-electron chi connectivity index (χ0n) is 7.19. The first-order chi connectivity index (χ1) is 6.33. The maximum atomic E-state index is 10.6. The van der Waals surface area contributed by atoms with E-state index in [0.29, 0.717) is 0 Å². The van der Waals surface area contributed by atoms with Crippen molar-refractivity contribution >= 4 is 11.7 Å². The molecule has 1 N–H and O–H groups in total. The van der Waals surface area contributed by atoms with Crippen LogP contribution < -0.4 is 5.32 Å². The average molecular weight is 177 g/mol. The molecule has 13 heavy (non-hydrogen) atoms. The van der Waals surface area contributed by atoms with Crippen LogP contribution in [0.1, 0.15) is 0 Å². The predicted molar refractivity (Wildman–Crippen MR) is 51.2 cm³/mol. The SMILES string of the molecule is C=CC(=O)OCNc1ccccc1. The van der Waals surface area contributed by atoms with Gasteiger partial charge in [-0.05, 0) is 12.1 Å². The second kappa shape index (κ2) is 4.98. The molecule has 0 amide bonds. The summed E-state index contributed by atoms with van der Waals surface area (Å²) < 4.78 is 4.73. The molecule has 0 saturated carbocycles. The molecule has 0 unspecified atom stereocenters. The lowest BCUT2D eigenvalue weighted by Crippen LogP contribution is -2.09. The van der Waals surface area contributed by atoms with Gasteiger partial charge in [0.05, 0.1) is 0 Å². The van der Waals surface area contributed by atoms with E-state index in [0.717, 1.165) is 11.8 Å². The van der Waals surface area contributed by atoms with Gasteiger partial charge in [-0.15, -0.1) is 0 Å². The minimum Gasteiger partial charge on any atom is -0.441 e. The number of para-hydroxylation sites is 1. The summed E-state index contributed by atoms with van der Waals surface area (Å²) >= 11 is 0. The number of anilines is 1. The summed E-state index contributed by atoms with van der Waals surface area (Å²) in [6, 6.07) is 9.50. The Kier molecular flexibility index (Phi) is 3.57. The molecule has 3 nitrogen and oxygen atoms in total. The first-order valence-corrected chi connectivity index (χ1v) is 3.91. The highest BCUT2D eigenvalue weighted by Gasteiger charge is 1.93. The highest BCUT2D eigenvalue weighted by Crippen LogP contribution is 2.03. The molecule has 0 spiro atoms. The fourth-order valence-electron chi connectivity index (χ4n) is 0.805. The maximum Gasteiger partial charge on any atom is 0.331 e. The number of hydrogen-bond acceptors (Lipinski definition) is 3. The normalized spacial score (nSPS) is 8.92. The van der Waals surface area contributed by atoms with E-state index in [9.17, 15) is 4.79 Å². The minimum atomic E-state index is -0.427. The Hall–Kier alpha value is -1.77. The van der Waals surface area contributed by atoms with Gasteiger partial charge in [0, 0.05) is 11.8 Å². The van der Waals surface area contributed by atoms with Crippen molar-refractivity contribution in [2.75, 3.05) is 12.0 Å². The fourth-order valence-corrected chi connectivity index (χ4v) is 0.805. The number of hydrogen-bond donors (Lipinski definition) is 1. The third-order valence-corrected chi connectivity index (χ3v) is 1.43. The zero-order valence-corrected chi connectivity index (χ0v) is 7.19. The van der Waals surface area contributed by atoms with Gasteiger partial charge in [-0.1, -0.05) is 24.8 Å². The van der Waals surface area contributed by atoms with Gasteiger partial charge >= 0.3 is 5.97 Å². The third-order valence-electron chi connectivity index (χ3n) is 1.43. The topological polar surface area (TPSA) is 38.3 Å². The van der Waals surface area contributed by atoms with Crippen molar-refractivity contribution < 1.29 is 9.53 Å². The standard InChI is InChI=1S/C10H11NO2/c1-2-10(12)13-8-11-9-6-4-3-5-7-9/h2-7,11H,1,8H2. The molecule has 68 valence electrons. The molecule has 0 fully saturated rings. The van der Waals surface area contributed by atoms with Crippen LogP contribution >= 0.6 is 0 Å². The van der Waals surface area contributed by atoms with E-state index < -0.39 is 5.97 Å². The Balaban J connectivity index is 2.28. The van der Waals surface area contributed by atoms with Crippen LogP contribution in [0.5, 0.6) is 0 Å². The first-order valence-electron chi connectivity index (χ1n) is 3.91. The Morgan fingerprint density at radius 1 is 1.46 bits per heavy atom. The van der Waals surface area contributed by atoms with Crippen molar-refractivity contribution in [2.45, 2.75) is 0 Å². The van der Waals surface area contributed by atoms with E-state index in [-0.39, 0.29) is 6.73 Å². The second-order valence-corrected chi connectivity index (χ2v) is 2.35. The van der Waals surface area contributed by atoms with Crippen LogP contribution in [-0.2, 0) is 9.53 Å². The Bertz CT molecular complexity index is 282. The largest absolute Gasteiger partial charge is 0.441 e. The lowest BCUT2D eigenvalue weighted by Gasteiger charge is -2.05. The number of benzene rings is 1. The fraction of sp³-hybridized carbons (Fsp3) is 0.100. The van der Waals surface area contributed by atoms with Gasteiger partial charge in [0.25, 0.3) is 0 Å². The Morgan fingerprint density at radius 2 is 2.15 bits per heavy atom. The van der Waals surface area contributed by atoms with Gasteiger partial charge in [0.1, 0.15) is 0 Å². The minimum absolute atomic E-state index is 0.162. The summed E-state index contributed by atoms with van der Waals surface area (Å²) in [6.45, 7) is 3.45. The summed E-state index contributed by atoms with van der Waals surface area (Å²) in [6.07, 6.45) is 1.13. The third kappa shape index (κ3) is 3.42. The Morgan fingerprint density at radius 3 is 2.77 bits per heavy atom. The smallest absolute Gasteiger partial charge is 0.331 e. The Labute approximate surface area is 77.0 Å². The summed E-state index contributed by atoms with van der Waals surface area (Å²) in [5.74, 6) is -0.427. The quantitative estimate of drug-likeness (QED) is 0.433. The van der Waals surface area contributed by atoms with Crippen LogP contribution in [0, 0.1) is 0 Å². The van der Waals surface area contributed by atoms with E-state index in [1.165, 1.54) is 0 Å². The molecule has 0 bridgehead atoms. The number of nitrogens with one attached hydrogen (secondary N) is 1. The number of ether oxygens (including phenoxy) is 1. The maximum absolute atomic E-state index is 10.6. The van der Waals surface area contributed by atoms with Gasteiger partial charge in [-0.25, -0.2) is 4.79 Å². The second-order valence-electron chi connectivity index (χ2n) is 2.35. The molecule has 0 radical (unpaired) electrons. The van der Waals surface area contributed by atoms with Crippen molar-refractivity contribution in [2.24, 2.45) is 0 Å². The van der Waals surface area contributed by atoms with Crippen LogP contribution in [0.15, 0.2) is 43.0 Å². The summed E-state index contributed by atoms with van der Waals surface area (Å²) in [5.41, 5.74) is 0.916. The first kappa shape index (κ1) is 9.32. The summed E-state index contributed by atoms with van der Waals surface area (Å²) in [7, 11) is 0. The zero-order chi connectivity index (χ0) is 9.52. The molecule has 0 aliphatic heterocycles. The molecule has 3 heteroatoms. The van der Waals surface area contributed by atoms with Crippen molar-refractivity contribution in [1.82, 2.24) is 0 Å². The molecular weight excluding hydrogens is 166 g/mol. The van der Waals surface area contributed by atoms with Gasteiger partial charge < -0.3 is 10.1 Å². The molecule has 0 atom stereocenters. The number of carbonyl (C=O) groups excluding carboxylic acids is 1. The molecule has 1 aromatic rings. The van der Waals surface area contributed by atoms with Crippen molar-refractivity contribution in [3.8, 4) is 0 Å². The van der Waals surface area contributed by atoms with Crippen molar-refractivity contribution in [3.63, 3.8) is 0 Å². The molecule has 1 aromatic carbocycles. The van der Waals surface area contributed by atoms with E-state index >= 15 is 0 Å². The lowest BCUT2D eigenvalue weighted by molar-refractivity contribution is -0.136. The van der Waals surface area contributed by atoms with Gasteiger partial charge in [0.2, 0.25) is 0 Å². The number of rotatable bonds is 4. The molecule has 0 aliphatic carbocycles. The monoisotopic (exact) mass is 177 g/mol. The van der Waals surface area contributed by atoms with Crippen molar-refractivity contribution in [3.05, 3.63) is 43.0 Å².